The van der Waals surface area contributed by atoms with Crippen LogP contribution in [0.1, 0.15) is 127 Å². The van der Waals surface area contributed by atoms with Crippen LogP contribution >= 0.6 is 0 Å². The summed E-state index contributed by atoms with van der Waals surface area (Å²) >= 11 is 0. The first-order valence-corrected chi connectivity index (χ1v) is 31.7. The van der Waals surface area contributed by atoms with E-state index in [9.17, 15) is 69.6 Å². The summed E-state index contributed by atoms with van der Waals surface area (Å²) in [4.78, 5) is 81.6. The van der Waals surface area contributed by atoms with Crippen molar-refractivity contribution in [2.75, 3.05) is 61.5 Å². The van der Waals surface area contributed by atoms with Crippen molar-refractivity contribution >= 4 is 35.8 Å². The molecule has 0 saturated carbocycles. The maximum Gasteiger partial charge on any atom is 0.309 e. The molecule has 27 unspecified atom stereocenters. The minimum atomic E-state index is -1.56. The molecule has 91 heavy (non-hydrogen) atoms. The second-order valence-electron chi connectivity index (χ2n) is 24.0. The van der Waals surface area contributed by atoms with Gasteiger partial charge >= 0.3 is 35.8 Å². The fourth-order valence-corrected chi connectivity index (χ4v) is 11.2. The number of hydrogen-bond acceptors (Lipinski definition) is 30. The van der Waals surface area contributed by atoms with Gasteiger partial charge in [-0.2, -0.15) is 0 Å². The number of rotatable bonds is 37. The van der Waals surface area contributed by atoms with Crippen molar-refractivity contribution in [1.82, 2.24) is 0 Å². The third kappa shape index (κ3) is 22.3. The second kappa shape index (κ2) is 39.2. The Balaban J connectivity index is 1.34. The number of carbonyl (C=O) groups is 6. The molecule has 0 aromatic rings. The molecule has 0 bridgehead atoms. The molecule has 0 radical (unpaired) electrons. The quantitative estimate of drug-likeness (QED) is 0.0235. The van der Waals surface area contributed by atoms with Crippen LogP contribution in [0.5, 0.6) is 0 Å². The summed E-state index contributed by atoms with van der Waals surface area (Å²) in [6, 6.07) is 0. The summed E-state index contributed by atoms with van der Waals surface area (Å²) in [5, 5.41) is 85.9. The van der Waals surface area contributed by atoms with E-state index in [4.69, 9.17) is 75.8 Å². The molecule has 4 fully saturated rings. The fourth-order valence-electron chi connectivity index (χ4n) is 11.2. The van der Waals surface area contributed by atoms with Gasteiger partial charge < -0.3 is 117 Å². The van der Waals surface area contributed by atoms with Gasteiger partial charge in [-0.05, 0) is 71.1 Å². The number of hydrogen-bond donors (Lipinski definition) is 8. The minimum Gasteiger partial charge on any atom is -0.463 e. The lowest BCUT2D eigenvalue weighted by molar-refractivity contribution is -0.294. The smallest absolute Gasteiger partial charge is 0.309 e. The molecule has 0 aliphatic carbocycles. The molecule has 8 N–H and O–H groups in total. The Hall–Kier alpha value is -3.90. The van der Waals surface area contributed by atoms with Gasteiger partial charge in [0, 0.05) is 28.4 Å². The first kappa shape index (κ1) is 79.5. The van der Waals surface area contributed by atoms with E-state index >= 15 is 0 Å². The molecular formula is C61H104O30. The molecule has 4 aliphatic heterocycles. The summed E-state index contributed by atoms with van der Waals surface area (Å²) in [7, 11) is 5.17. The van der Waals surface area contributed by atoms with E-state index in [1.54, 1.807) is 34.6 Å². The fraction of sp³-hybridized carbons (Fsp3) is 0.902. The van der Waals surface area contributed by atoms with Crippen molar-refractivity contribution in [3.63, 3.8) is 0 Å². The number of carbonyl (C=O) groups excluding carboxylic acids is 6. The number of methoxy groups -OCH3 is 4. The maximum atomic E-state index is 13.8. The average molecular weight is 1320 g/mol. The van der Waals surface area contributed by atoms with Crippen LogP contribution in [-0.2, 0) is 105 Å². The summed E-state index contributed by atoms with van der Waals surface area (Å²) < 4.78 is 89.2. The summed E-state index contributed by atoms with van der Waals surface area (Å²) in [5.41, 5.74) is 0. The van der Waals surface area contributed by atoms with Gasteiger partial charge in [0.1, 0.15) is 62.0 Å². The summed E-state index contributed by atoms with van der Waals surface area (Å²) in [6.07, 6.45) is -24.7. The highest BCUT2D eigenvalue weighted by Gasteiger charge is 2.51. The van der Waals surface area contributed by atoms with Crippen LogP contribution in [0.4, 0.5) is 0 Å². The highest BCUT2D eigenvalue weighted by atomic mass is 16.7. The molecule has 0 spiro atoms. The number of aliphatic hydroxyl groups excluding tert-OH is 8. The Kier molecular flexibility index (Phi) is 34.3. The van der Waals surface area contributed by atoms with E-state index in [2.05, 4.69) is 0 Å². The van der Waals surface area contributed by atoms with Gasteiger partial charge in [0.15, 0.2) is 49.6 Å². The van der Waals surface area contributed by atoms with Gasteiger partial charge in [0.25, 0.3) is 0 Å². The van der Waals surface area contributed by atoms with Crippen molar-refractivity contribution < 1.29 is 145 Å². The molecular weight excluding hydrogens is 1210 g/mol. The first-order valence-electron chi connectivity index (χ1n) is 31.7. The van der Waals surface area contributed by atoms with Crippen molar-refractivity contribution in [2.24, 2.45) is 35.5 Å². The topological polar surface area (TPSA) is 412 Å². The van der Waals surface area contributed by atoms with E-state index in [1.165, 1.54) is 56.1 Å². The van der Waals surface area contributed by atoms with Crippen LogP contribution in [0.3, 0.4) is 0 Å². The standard InChI is InChI=1S/C61H104O30/c1-14-36-40(62)44(66)48(58(76-10)84-36)88-52(70)29(5)18-20-34(26-31(7)54(72)90-50-46(68)42(64)38(16-3)86-60(50)78-12)56(74)82-23-22-80-28-33(9)81-24-25-83-57(75)35(27-32(8)55(73)91-51-47(69)43(65)39(17-4)87-61(51)79-13)21-19-30(6)53(71)89-49-45(67)41(63)37(15-2)85-59(49)77-11/h29-51,58-69H,14-28H2,1-13H3. The van der Waals surface area contributed by atoms with Crippen molar-refractivity contribution in [3.8, 4) is 0 Å². The van der Waals surface area contributed by atoms with Crippen molar-refractivity contribution in [3.05, 3.63) is 0 Å². The predicted octanol–water partition coefficient (Wildman–Crippen LogP) is 0.272. The second-order valence-corrected chi connectivity index (χ2v) is 24.0. The first-order chi connectivity index (χ1) is 43.2. The number of ether oxygens (including phenoxy) is 16. The lowest BCUT2D eigenvalue weighted by atomic mass is 9.89. The minimum absolute atomic E-state index is 0.0143. The monoisotopic (exact) mass is 1320 g/mol. The maximum absolute atomic E-state index is 13.8. The Morgan fingerprint density at radius 2 is 0.637 bits per heavy atom. The summed E-state index contributed by atoms with van der Waals surface area (Å²) in [6.45, 7) is 13.9. The van der Waals surface area contributed by atoms with Crippen LogP contribution in [0.15, 0.2) is 0 Å². The van der Waals surface area contributed by atoms with Crippen LogP contribution in [0.2, 0.25) is 0 Å². The van der Waals surface area contributed by atoms with Crippen LogP contribution in [-0.4, -0.2) is 267 Å². The largest absolute Gasteiger partial charge is 0.463 e. The zero-order chi connectivity index (χ0) is 68.0. The molecule has 4 aliphatic rings. The molecule has 4 heterocycles. The lowest BCUT2D eigenvalue weighted by Gasteiger charge is -2.41. The predicted molar refractivity (Wildman–Crippen MR) is 311 cm³/mol. The Bertz CT molecular complexity index is 2190. The van der Waals surface area contributed by atoms with Gasteiger partial charge in [0.2, 0.25) is 0 Å². The highest BCUT2D eigenvalue weighted by molar-refractivity contribution is 5.77. The number of aliphatic hydroxyl groups is 8. The number of esters is 6. The molecule has 30 nitrogen and oxygen atoms in total. The lowest BCUT2D eigenvalue weighted by Crippen LogP contribution is -2.59. The van der Waals surface area contributed by atoms with Crippen LogP contribution in [0.25, 0.3) is 0 Å². The van der Waals surface area contributed by atoms with Crippen LogP contribution < -0.4 is 0 Å². The van der Waals surface area contributed by atoms with Gasteiger partial charge in [-0.1, -0.05) is 55.4 Å². The Morgan fingerprint density at radius 1 is 0.363 bits per heavy atom. The Labute approximate surface area is 532 Å². The van der Waals surface area contributed by atoms with Gasteiger partial charge in [0.05, 0.1) is 85.8 Å². The van der Waals surface area contributed by atoms with Crippen molar-refractivity contribution in [1.29, 1.82) is 0 Å². The van der Waals surface area contributed by atoms with E-state index < -0.39 is 200 Å². The molecule has 4 saturated heterocycles. The van der Waals surface area contributed by atoms with E-state index in [1.807, 2.05) is 0 Å². The van der Waals surface area contributed by atoms with E-state index in [-0.39, 0.29) is 71.6 Å². The van der Waals surface area contributed by atoms with Gasteiger partial charge in [-0.25, -0.2) is 0 Å². The molecule has 0 amide bonds. The molecule has 27 atom stereocenters. The zero-order valence-electron chi connectivity index (χ0n) is 54.8. The molecule has 0 aromatic carbocycles. The van der Waals surface area contributed by atoms with Crippen molar-refractivity contribution in [2.45, 2.75) is 255 Å². The molecule has 0 aromatic heterocycles. The average Bonchev–Trinajstić information content (AvgIpc) is 2.06. The third-order valence-electron chi connectivity index (χ3n) is 17.1. The van der Waals surface area contributed by atoms with E-state index in [0.717, 1.165) is 0 Å². The SMILES string of the molecule is CCC1OC(OC)C(OC(=O)C(C)CCC(CC(C)C(=O)OC2C(OC)OC(CC)C(O)C2O)C(=O)OCCOCC(C)OCCOC(=O)C(CCC(C)C(=O)OC2C(OC)OC(CC)C(O)C2O)CC(C)C(=O)OC2C(OC)OC(CC)C(O)C2O)C(O)C1O. The van der Waals surface area contributed by atoms with Gasteiger partial charge in [-0.3, -0.25) is 28.8 Å². The Morgan fingerprint density at radius 3 is 0.912 bits per heavy atom. The highest BCUT2D eigenvalue weighted by Crippen LogP contribution is 2.34. The summed E-state index contributed by atoms with van der Waals surface area (Å²) in [5.74, 6) is -10.6. The van der Waals surface area contributed by atoms with Crippen LogP contribution in [0, 0.1) is 35.5 Å². The molecule has 528 valence electrons. The molecule has 4 rings (SSSR count). The normalized spacial score (nSPS) is 34.3. The molecule has 30 heteroatoms. The zero-order valence-corrected chi connectivity index (χ0v) is 54.8. The van der Waals surface area contributed by atoms with Gasteiger partial charge in [-0.15, -0.1) is 0 Å². The third-order valence-corrected chi connectivity index (χ3v) is 17.1. The van der Waals surface area contributed by atoms with E-state index in [0.29, 0.717) is 25.7 Å².